The summed E-state index contributed by atoms with van der Waals surface area (Å²) < 4.78 is 11.2. The first kappa shape index (κ1) is 18.6. The number of rotatable bonds is 9. The van der Waals surface area contributed by atoms with Crippen molar-refractivity contribution in [2.75, 3.05) is 19.8 Å². The van der Waals surface area contributed by atoms with Gasteiger partial charge in [0.2, 0.25) is 0 Å². The van der Waals surface area contributed by atoms with Gasteiger partial charge in [-0.15, -0.1) is 0 Å². The average molecular weight is 348 g/mol. The van der Waals surface area contributed by atoms with Gasteiger partial charge in [-0.25, -0.2) is 0 Å². The van der Waals surface area contributed by atoms with Crippen LogP contribution in [0.1, 0.15) is 37.3 Å². The van der Waals surface area contributed by atoms with Crippen LogP contribution in [0.5, 0.6) is 11.5 Å². The van der Waals surface area contributed by atoms with E-state index in [2.05, 4.69) is 25.1 Å². The van der Waals surface area contributed by atoms with E-state index >= 15 is 0 Å². The molecule has 0 aromatic heterocycles. The molecule has 0 aliphatic rings. The summed E-state index contributed by atoms with van der Waals surface area (Å²) in [6.45, 7) is 5.95. The van der Waals surface area contributed by atoms with Crippen LogP contribution in [0.25, 0.3) is 0 Å². The summed E-state index contributed by atoms with van der Waals surface area (Å²) in [6.07, 6.45) is 1.83. The van der Waals surface area contributed by atoms with Gasteiger partial charge in [-0.3, -0.25) is 0 Å². The summed E-state index contributed by atoms with van der Waals surface area (Å²) in [4.78, 5) is 0. The zero-order chi connectivity index (χ0) is 17.4. The van der Waals surface area contributed by atoms with E-state index < -0.39 is 0 Å². The van der Waals surface area contributed by atoms with Gasteiger partial charge >= 0.3 is 0 Å². The number of ether oxygens (including phenoxy) is 2. The van der Waals surface area contributed by atoms with Gasteiger partial charge in [0, 0.05) is 5.92 Å². The third kappa shape index (κ3) is 5.15. The van der Waals surface area contributed by atoms with E-state index in [4.69, 9.17) is 26.8 Å². The lowest BCUT2D eigenvalue weighted by Crippen LogP contribution is -2.15. The Morgan fingerprint density at radius 2 is 1.92 bits per heavy atom. The standard InChI is InChI=1S/C20H26ClNO2/c1-3-10-24-18-7-5-6-16(13-18)17(14-22)11-15-8-9-20(23-4-2)19(21)12-15/h5-9,12-13,17H,3-4,10-11,14,22H2,1-2H3. The lowest BCUT2D eigenvalue weighted by Gasteiger charge is -2.17. The van der Waals surface area contributed by atoms with Gasteiger partial charge in [-0.1, -0.05) is 36.7 Å². The molecule has 1 unspecified atom stereocenters. The van der Waals surface area contributed by atoms with Crippen molar-refractivity contribution >= 4 is 11.6 Å². The Morgan fingerprint density at radius 1 is 1.08 bits per heavy atom. The van der Waals surface area contributed by atoms with Crippen LogP contribution in [0.4, 0.5) is 0 Å². The fraction of sp³-hybridized carbons (Fsp3) is 0.400. The summed E-state index contributed by atoms with van der Waals surface area (Å²) in [5.41, 5.74) is 8.36. The van der Waals surface area contributed by atoms with Gasteiger partial charge in [-0.2, -0.15) is 0 Å². The van der Waals surface area contributed by atoms with Crippen molar-refractivity contribution in [3.8, 4) is 11.5 Å². The van der Waals surface area contributed by atoms with Crippen LogP contribution < -0.4 is 15.2 Å². The minimum absolute atomic E-state index is 0.226. The lowest BCUT2D eigenvalue weighted by atomic mass is 9.92. The Morgan fingerprint density at radius 3 is 2.58 bits per heavy atom. The predicted octanol–water partition coefficient (Wildman–Crippen LogP) is 4.81. The average Bonchev–Trinajstić information content (AvgIpc) is 2.60. The minimum atomic E-state index is 0.226. The molecular formula is C20H26ClNO2. The van der Waals surface area contributed by atoms with E-state index in [1.54, 1.807) is 0 Å². The van der Waals surface area contributed by atoms with Crippen LogP contribution in [-0.4, -0.2) is 19.8 Å². The molecule has 24 heavy (non-hydrogen) atoms. The van der Waals surface area contributed by atoms with E-state index in [1.165, 1.54) is 5.56 Å². The van der Waals surface area contributed by atoms with Crippen molar-refractivity contribution in [1.29, 1.82) is 0 Å². The van der Waals surface area contributed by atoms with Gasteiger partial charge in [-0.05, 0) is 61.7 Å². The Bertz CT molecular complexity index is 645. The molecule has 0 aliphatic heterocycles. The number of hydrogen-bond acceptors (Lipinski definition) is 3. The predicted molar refractivity (Wildman–Crippen MR) is 100 cm³/mol. The molecule has 130 valence electrons. The van der Waals surface area contributed by atoms with Gasteiger partial charge in [0.25, 0.3) is 0 Å². The van der Waals surface area contributed by atoms with Crippen molar-refractivity contribution in [3.05, 3.63) is 58.6 Å². The topological polar surface area (TPSA) is 44.5 Å². The van der Waals surface area contributed by atoms with E-state index in [-0.39, 0.29) is 5.92 Å². The zero-order valence-electron chi connectivity index (χ0n) is 14.4. The number of nitrogens with two attached hydrogens (primary N) is 1. The van der Waals surface area contributed by atoms with Crippen molar-refractivity contribution in [3.63, 3.8) is 0 Å². The molecule has 2 rings (SSSR count). The largest absolute Gasteiger partial charge is 0.494 e. The normalized spacial score (nSPS) is 12.0. The SMILES string of the molecule is CCCOc1cccc(C(CN)Cc2ccc(OCC)c(Cl)c2)c1. The second-order valence-electron chi connectivity index (χ2n) is 5.76. The second-order valence-corrected chi connectivity index (χ2v) is 6.16. The van der Waals surface area contributed by atoms with Gasteiger partial charge in [0.15, 0.2) is 0 Å². The quantitative estimate of drug-likeness (QED) is 0.707. The van der Waals surface area contributed by atoms with Crippen LogP contribution >= 0.6 is 11.6 Å². The maximum atomic E-state index is 6.29. The van der Waals surface area contributed by atoms with Crippen molar-refractivity contribution in [2.24, 2.45) is 5.73 Å². The van der Waals surface area contributed by atoms with Crippen LogP contribution in [0.2, 0.25) is 5.02 Å². The molecule has 0 radical (unpaired) electrons. The summed E-state index contributed by atoms with van der Waals surface area (Å²) in [7, 11) is 0. The monoisotopic (exact) mass is 347 g/mol. The first-order valence-electron chi connectivity index (χ1n) is 8.52. The second kappa shape index (κ2) is 9.55. The molecule has 0 heterocycles. The molecule has 0 bridgehead atoms. The molecule has 0 saturated heterocycles. The molecule has 2 aromatic carbocycles. The Hall–Kier alpha value is -1.71. The highest BCUT2D eigenvalue weighted by molar-refractivity contribution is 6.32. The van der Waals surface area contributed by atoms with Crippen molar-refractivity contribution in [2.45, 2.75) is 32.6 Å². The fourth-order valence-electron chi connectivity index (χ4n) is 2.64. The molecule has 0 fully saturated rings. The maximum Gasteiger partial charge on any atom is 0.137 e. The molecule has 2 aromatic rings. The first-order chi connectivity index (χ1) is 11.7. The highest BCUT2D eigenvalue weighted by Crippen LogP contribution is 2.29. The Balaban J connectivity index is 2.13. The van der Waals surface area contributed by atoms with E-state index in [1.807, 2.05) is 31.2 Å². The van der Waals surface area contributed by atoms with Crippen LogP contribution in [0, 0.1) is 0 Å². The molecule has 2 N–H and O–H groups in total. The zero-order valence-corrected chi connectivity index (χ0v) is 15.2. The van der Waals surface area contributed by atoms with Crippen LogP contribution in [-0.2, 0) is 6.42 Å². The summed E-state index contributed by atoms with van der Waals surface area (Å²) in [5.74, 6) is 1.85. The third-order valence-corrected chi connectivity index (χ3v) is 4.16. The van der Waals surface area contributed by atoms with E-state index in [0.717, 1.165) is 36.5 Å². The molecular weight excluding hydrogens is 322 g/mol. The lowest BCUT2D eigenvalue weighted by molar-refractivity contribution is 0.317. The number of benzene rings is 2. The van der Waals surface area contributed by atoms with Crippen LogP contribution in [0.15, 0.2) is 42.5 Å². The molecule has 0 amide bonds. The van der Waals surface area contributed by atoms with Crippen molar-refractivity contribution < 1.29 is 9.47 Å². The van der Waals surface area contributed by atoms with Gasteiger partial charge in [0.1, 0.15) is 11.5 Å². The van der Waals surface area contributed by atoms with Crippen LogP contribution in [0.3, 0.4) is 0 Å². The molecule has 0 aliphatic carbocycles. The number of halogens is 1. The molecule has 1 atom stereocenters. The van der Waals surface area contributed by atoms with Crippen molar-refractivity contribution in [1.82, 2.24) is 0 Å². The summed E-state index contributed by atoms with van der Waals surface area (Å²) in [6, 6.07) is 14.1. The molecule has 0 saturated carbocycles. The fourth-order valence-corrected chi connectivity index (χ4v) is 2.90. The summed E-state index contributed by atoms with van der Waals surface area (Å²) >= 11 is 6.29. The molecule has 4 heteroatoms. The maximum absolute atomic E-state index is 6.29. The smallest absolute Gasteiger partial charge is 0.137 e. The van der Waals surface area contributed by atoms with Gasteiger partial charge in [0.05, 0.1) is 18.2 Å². The van der Waals surface area contributed by atoms with Gasteiger partial charge < -0.3 is 15.2 Å². The number of hydrogen-bond donors (Lipinski definition) is 1. The third-order valence-electron chi connectivity index (χ3n) is 3.87. The first-order valence-corrected chi connectivity index (χ1v) is 8.89. The minimum Gasteiger partial charge on any atom is -0.494 e. The van der Waals surface area contributed by atoms with E-state index in [0.29, 0.717) is 18.2 Å². The van der Waals surface area contributed by atoms with E-state index in [9.17, 15) is 0 Å². The molecule has 3 nitrogen and oxygen atoms in total. The highest BCUT2D eigenvalue weighted by Gasteiger charge is 2.13. The Labute approximate surface area is 149 Å². The Kier molecular flexibility index (Phi) is 7.41. The summed E-state index contributed by atoms with van der Waals surface area (Å²) in [5, 5.41) is 0.644. The molecule has 0 spiro atoms. The highest BCUT2D eigenvalue weighted by atomic mass is 35.5.